The standard InChI is InChI=1S/C31H39N3O2S/c1-5-7-8-9-10-11-27-22-30(24(4)34(27)26-14-18-29(37)19-15-26)31(35)33-21-20-32-23(3)25-12-16-28(17-13-25)36-6-2/h7-10,12-18,22,29,32,37H,3,5-6,11,19-21H2,1-2,4H3,(H,33,35)/b8-7-,10-9-. The third-order valence-corrected chi connectivity index (χ3v) is 6.48. The Hall–Kier alpha value is -3.38. The number of carbonyl (C=O) groups is 1. The van der Waals surface area contributed by atoms with Crippen LogP contribution in [-0.4, -0.2) is 35.4 Å². The number of carbonyl (C=O) groups excluding carboxylic acids is 1. The summed E-state index contributed by atoms with van der Waals surface area (Å²) in [6, 6.07) is 9.82. The van der Waals surface area contributed by atoms with E-state index in [2.05, 4.69) is 83.9 Å². The highest BCUT2D eigenvalue weighted by molar-refractivity contribution is 7.81. The summed E-state index contributed by atoms with van der Waals surface area (Å²) in [5.74, 6) is 0.763. The van der Waals surface area contributed by atoms with E-state index in [1.54, 1.807) is 0 Å². The first-order valence-corrected chi connectivity index (χ1v) is 13.5. The second-order valence-corrected chi connectivity index (χ2v) is 9.51. The van der Waals surface area contributed by atoms with E-state index in [0.717, 1.165) is 53.4 Å². The van der Waals surface area contributed by atoms with E-state index in [1.807, 2.05) is 44.2 Å². The van der Waals surface area contributed by atoms with Crippen LogP contribution in [0.5, 0.6) is 5.75 Å². The second kappa shape index (κ2) is 14.4. The second-order valence-electron chi connectivity index (χ2n) is 8.85. The first-order valence-electron chi connectivity index (χ1n) is 13.0. The van der Waals surface area contributed by atoms with E-state index >= 15 is 0 Å². The number of amides is 1. The van der Waals surface area contributed by atoms with Gasteiger partial charge < -0.3 is 19.9 Å². The lowest BCUT2D eigenvalue weighted by Gasteiger charge is -2.17. The number of hydrogen-bond acceptors (Lipinski definition) is 4. The topological polar surface area (TPSA) is 55.3 Å². The molecule has 0 saturated heterocycles. The van der Waals surface area contributed by atoms with Gasteiger partial charge in [-0.25, -0.2) is 0 Å². The maximum absolute atomic E-state index is 13.1. The molecule has 0 spiro atoms. The molecule has 0 saturated carbocycles. The van der Waals surface area contributed by atoms with Gasteiger partial charge in [0.05, 0.1) is 12.2 Å². The summed E-state index contributed by atoms with van der Waals surface area (Å²) in [7, 11) is 0. The van der Waals surface area contributed by atoms with Gasteiger partial charge in [-0.1, -0.05) is 50.0 Å². The molecule has 1 heterocycles. The highest BCUT2D eigenvalue weighted by Crippen LogP contribution is 2.26. The molecule has 1 atom stereocenters. The minimum absolute atomic E-state index is 0.0756. The van der Waals surface area contributed by atoms with Crippen molar-refractivity contribution < 1.29 is 9.53 Å². The van der Waals surface area contributed by atoms with E-state index in [9.17, 15) is 4.79 Å². The predicted molar refractivity (Wildman–Crippen MR) is 159 cm³/mol. The van der Waals surface area contributed by atoms with Crippen LogP contribution in [0.2, 0.25) is 0 Å². The molecule has 2 aromatic rings. The van der Waals surface area contributed by atoms with Crippen LogP contribution >= 0.6 is 12.6 Å². The summed E-state index contributed by atoms with van der Waals surface area (Å²) in [5.41, 5.74) is 5.60. The minimum atomic E-state index is -0.0756. The van der Waals surface area contributed by atoms with Crippen LogP contribution in [0.4, 0.5) is 0 Å². The molecule has 1 aromatic heterocycles. The molecule has 196 valence electrons. The molecule has 1 unspecified atom stereocenters. The van der Waals surface area contributed by atoms with E-state index < -0.39 is 0 Å². The number of rotatable bonds is 13. The van der Waals surface area contributed by atoms with Crippen LogP contribution in [0, 0.1) is 6.92 Å². The summed E-state index contributed by atoms with van der Waals surface area (Å²) < 4.78 is 7.68. The van der Waals surface area contributed by atoms with Gasteiger partial charge in [-0.3, -0.25) is 4.79 Å². The number of nitrogens with zero attached hydrogens (tertiary/aromatic N) is 1. The van der Waals surface area contributed by atoms with Gasteiger partial charge in [0.15, 0.2) is 0 Å². The average molecular weight is 518 g/mol. The monoisotopic (exact) mass is 517 g/mol. The number of benzene rings is 1. The fraction of sp³-hybridized carbons (Fsp3) is 0.323. The zero-order valence-corrected chi connectivity index (χ0v) is 23.1. The van der Waals surface area contributed by atoms with E-state index in [4.69, 9.17) is 4.74 Å². The van der Waals surface area contributed by atoms with Gasteiger partial charge in [-0.15, -0.1) is 0 Å². The number of allylic oxidation sites excluding steroid dienone is 7. The first-order chi connectivity index (χ1) is 17.9. The molecule has 0 radical (unpaired) electrons. The molecule has 0 bridgehead atoms. The SMILES string of the molecule is C=C(NCCNC(=O)c1cc(C/C=C\C=C/CC)n(C2=CCC(S)C=C2)c1C)c1ccc(OCC)cc1. The molecule has 1 aliphatic carbocycles. The highest BCUT2D eigenvalue weighted by atomic mass is 32.1. The summed E-state index contributed by atoms with van der Waals surface area (Å²) in [5, 5.41) is 6.58. The summed E-state index contributed by atoms with van der Waals surface area (Å²) in [6.07, 6.45) is 17.4. The molecular formula is C31H39N3O2S. The maximum atomic E-state index is 13.1. The highest BCUT2D eigenvalue weighted by Gasteiger charge is 2.19. The van der Waals surface area contributed by atoms with Gasteiger partial charge in [-0.2, -0.15) is 12.6 Å². The van der Waals surface area contributed by atoms with E-state index in [-0.39, 0.29) is 11.2 Å². The fourth-order valence-corrected chi connectivity index (χ4v) is 4.35. The summed E-state index contributed by atoms with van der Waals surface area (Å²) >= 11 is 4.55. The first kappa shape index (κ1) is 28.2. The molecular weight excluding hydrogens is 478 g/mol. The molecule has 37 heavy (non-hydrogen) atoms. The van der Waals surface area contributed by atoms with Crippen molar-refractivity contribution in [2.24, 2.45) is 0 Å². The molecule has 2 N–H and O–H groups in total. The Morgan fingerprint density at radius 2 is 1.89 bits per heavy atom. The molecule has 6 heteroatoms. The maximum Gasteiger partial charge on any atom is 0.253 e. The van der Waals surface area contributed by atoms with Gasteiger partial charge in [0.1, 0.15) is 5.75 Å². The number of ether oxygens (including phenoxy) is 1. The van der Waals surface area contributed by atoms with Gasteiger partial charge in [0.2, 0.25) is 0 Å². The molecule has 0 fully saturated rings. The molecule has 1 aromatic carbocycles. The van der Waals surface area contributed by atoms with E-state index in [1.165, 1.54) is 0 Å². The van der Waals surface area contributed by atoms with Crippen molar-refractivity contribution >= 4 is 29.9 Å². The third-order valence-electron chi connectivity index (χ3n) is 6.09. The molecule has 1 aliphatic rings. The molecule has 1 amide bonds. The van der Waals surface area contributed by atoms with Crippen molar-refractivity contribution in [3.05, 3.63) is 102 Å². The molecule has 0 aliphatic heterocycles. The lowest BCUT2D eigenvalue weighted by Crippen LogP contribution is -2.31. The van der Waals surface area contributed by atoms with Crippen LogP contribution < -0.4 is 15.4 Å². The molecule has 3 rings (SSSR count). The van der Waals surface area contributed by atoms with Crippen LogP contribution in [0.3, 0.4) is 0 Å². The van der Waals surface area contributed by atoms with Crippen molar-refractivity contribution in [2.45, 2.75) is 45.3 Å². The van der Waals surface area contributed by atoms with Crippen molar-refractivity contribution in [1.82, 2.24) is 15.2 Å². The van der Waals surface area contributed by atoms with Crippen molar-refractivity contribution in [3.63, 3.8) is 0 Å². The smallest absolute Gasteiger partial charge is 0.253 e. The van der Waals surface area contributed by atoms with Crippen LogP contribution in [0.25, 0.3) is 11.4 Å². The van der Waals surface area contributed by atoms with Crippen molar-refractivity contribution in [1.29, 1.82) is 0 Å². The van der Waals surface area contributed by atoms with Gasteiger partial charge in [0, 0.05) is 47.5 Å². The zero-order chi connectivity index (χ0) is 26.6. The Balaban J connectivity index is 1.64. The number of thiol groups is 1. The van der Waals surface area contributed by atoms with Gasteiger partial charge >= 0.3 is 0 Å². The Labute approximate surface area is 227 Å². The number of hydrogen-bond donors (Lipinski definition) is 3. The van der Waals surface area contributed by atoms with Gasteiger partial charge in [-0.05, 0) is 68.7 Å². The fourth-order valence-electron chi connectivity index (χ4n) is 4.16. The van der Waals surface area contributed by atoms with Gasteiger partial charge in [0.25, 0.3) is 5.91 Å². The lowest BCUT2D eigenvalue weighted by molar-refractivity contribution is 0.0953. The normalized spacial score (nSPS) is 15.2. The lowest BCUT2D eigenvalue weighted by atomic mass is 10.1. The quantitative estimate of drug-likeness (QED) is 0.165. The number of nitrogens with one attached hydrogen (secondary N) is 2. The van der Waals surface area contributed by atoms with Crippen LogP contribution in [-0.2, 0) is 6.42 Å². The Morgan fingerprint density at radius 3 is 2.57 bits per heavy atom. The average Bonchev–Trinajstić information content (AvgIpc) is 3.23. The van der Waals surface area contributed by atoms with Crippen LogP contribution in [0.1, 0.15) is 54.0 Å². The van der Waals surface area contributed by atoms with E-state index in [0.29, 0.717) is 25.3 Å². The minimum Gasteiger partial charge on any atom is -0.494 e. The Bertz CT molecular complexity index is 1190. The number of aromatic nitrogens is 1. The molecule has 5 nitrogen and oxygen atoms in total. The predicted octanol–water partition coefficient (Wildman–Crippen LogP) is 6.35. The van der Waals surface area contributed by atoms with Crippen molar-refractivity contribution in [3.8, 4) is 5.75 Å². The largest absolute Gasteiger partial charge is 0.494 e. The Kier molecular flexibility index (Phi) is 11.0. The Morgan fingerprint density at radius 1 is 1.16 bits per heavy atom. The zero-order valence-electron chi connectivity index (χ0n) is 22.2. The summed E-state index contributed by atoms with van der Waals surface area (Å²) in [4.78, 5) is 13.1. The third kappa shape index (κ3) is 8.05. The summed E-state index contributed by atoms with van der Waals surface area (Å²) in [6.45, 7) is 11.9. The van der Waals surface area contributed by atoms with Crippen molar-refractivity contribution in [2.75, 3.05) is 19.7 Å². The van der Waals surface area contributed by atoms with Crippen LogP contribution in [0.15, 0.2) is 79.4 Å².